The maximum absolute atomic E-state index is 12.8. The lowest BCUT2D eigenvalue weighted by molar-refractivity contribution is 0.102. The number of Topliss-reactive ketones (excluding diaryl/α,β-unsaturated/α-hetero) is 1. The topological polar surface area (TPSA) is 60.7 Å². The van der Waals surface area contributed by atoms with Crippen molar-refractivity contribution in [3.05, 3.63) is 95.3 Å². The number of carbonyl (C=O) groups is 1. The van der Waals surface area contributed by atoms with Crippen LogP contribution < -0.4 is 0 Å². The number of rotatable bonds is 7. The number of aromatic nitrogens is 4. The maximum Gasteiger partial charge on any atom is 0.192 e. The first-order chi connectivity index (χ1) is 14.6. The standard InChI is InChI=1S/C24H22N4OS/c1-17-10-11-18(2)21(13-17)22(29)16-30-24-27-26-23(20-9-6-12-25-14-20)28(24)15-19-7-4-3-5-8-19/h3-14H,15-16H2,1-2H3. The molecule has 2 aromatic carbocycles. The molecule has 0 atom stereocenters. The van der Waals surface area contributed by atoms with Crippen LogP contribution in [0.2, 0.25) is 0 Å². The van der Waals surface area contributed by atoms with Crippen molar-refractivity contribution in [2.24, 2.45) is 0 Å². The van der Waals surface area contributed by atoms with Gasteiger partial charge in [0.2, 0.25) is 0 Å². The quantitative estimate of drug-likeness (QED) is 0.315. The van der Waals surface area contributed by atoms with E-state index in [0.29, 0.717) is 12.3 Å². The SMILES string of the molecule is Cc1ccc(C)c(C(=O)CSc2nnc(-c3cccnc3)n2Cc2ccccc2)c1. The van der Waals surface area contributed by atoms with Crippen molar-refractivity contribution >= 4 is 17.5 Å². The van der Waals surface area contributed by atoms with Gasteiger partial charge in [0.05, 0.1) is 12.3 Å². The molecule has 150 valence electrons. The van der Waals surface area contributed by atoms with Crippen LogP contribution in [0.1, 0.15) is 27.0 Å². The molecule has 2 aromatic heterocycles. The molecule has 0 aliphatic carbocycles. The van der Waals surface area contributed by atoms with Gasteiger partial charge in [-0.3, -0.25) is 14.3 Å². The van der Waals surface area contributed by atoms with Gasteiger partial charge in [-0.2, -0.15) is 0 Å². The Balaban J connectivity index is 1.62. The highest BCUT2D eigenvalue weighted by Gasteiger charge is 2.17. The molecule has 6 heteroatoms. The zero-order chi connectivity index (χ0) is 20.9. The summed E-state index contributed by atoms with van der Waals surface area (Å²) in [6.45, 7) is 4.59. The normalized spacial score (nSPS) is 10.9. The Morgan fingerprint density at radius 3 is 2.60 bits per heavy atom. The Bertz CT molecular complexity index is 1160. The molecule has 0 amide bonds. The molecule has 4 aromatic rings. The summed E-state index contributed by atoms with van der Waals surface area (Å²) in [5.74, 6) is 1.15. The van der Waals surface area contributed by atoms with Crippen molar-refractivity contribution < 1.29 is 4.79 Å². The van der Waals surface area contributed by atoms with Gasteiger partial charge in [0.25, 0.3) is 0 Å². The van der Waals surface area contributed by atoms with Crippen LogP contribution in [0, 0.1) is 13.8 Å². The van der Waals surface area contributed by atoms with Crippen LogP contribution in [0.3, 0.4) is 0 Å². The van der Waals surface area contributed by atoms with Crippen molar-refractivity contribution in [2.75, 3.05) is 5.75 Å². The molecule has 0 fully saturated rings. The van der Waals surface area contributed by atoms with Gasteiger partial charge in [0.15, 0.2) is 16.8 Å². The van der Waals surface area contributed by atoms with Gasteiger partial charge >= 0.3 is 0 Å². The first-order valence-electron chi connectivity index (χ1n) is 9.72. The highest BCUT2D eigenvalue weighted by atomic mass is 32.2. The number of nitrogens with zero attached hydrogens (tertiary/aromatic N) is 4. The summed E-state index contributed by atoms with van der Waals surface area (Å²) >= 11 is 1.42. The van der Waals surface area contributed by atoms with Crippen LogP contribution in [0.25, 0.3) is 11.4 Å². The van der Waals surface area contributed by atoms with Gasteiger partial charge in [-0.25, -0.2) is 0 Å². The molecular weight excluding hydrogens is 392 g/mol. The van der Waals surface area contributed by atoms with E-state index in [1.54, 1.807) is 12.4 Å². The predicted molar refractivity (Wildman–Crippen MR) is 120 cm³/mol. The summed E-state index contributed by atoms with van der Waals surface area (Å²) in [4.78, 5) is 17.1. The van der Waals surface area contributed by atoms with Crippen LogP contribution in [-0.4, -0.2) is 31.3 Å². The Labute approximate surface area is 180 Å². The van der Waals surface area contributed by atoms with E-state index in [0.717, 1.165) is 38.8 Å². The average Bonchev–Trinajstić information content (AvgIpc) is 3.17. The fourth-order valence-electron chi connectivity index (χ4n) is 3.26. The minimum absolute atomic E-state index is 0.0957. The van der Waals surface area contributed by atoms with E-state index in [-0.39, 0.29) is 5.78 Å². The largest absolute Gasteiger partial charge is 0.297 e. The van der Waals surface area contributed by atoms with Crippen molar-refractivity contribution in [3.8, 4) is 11.4 Å². The third-order valence-electron chi connectivity index (χ3n) is 4.85. The zero-order valence-electron chi connectivity index (χ0n) is 16.9. The number of pyridine rings is 1. The maximum atomic E-state index is 12.8. The average molecular weight is 415 g/mol. The van der Waals surface area contributed by atoms with Gasteiger partial charge in [-0.1, -0.05) is 59.8 Å². The molecule has 0 bridgehead atoms. The predicted octanol–water partition coefficient (Wildman–Crippen LogP) is 4.98. The second-order valence-corrected chi connectivity index (χ2v) is 8.09. The van der Waals surface area contributed by atoms with Crippen LogP contribution in [0.5, 0.6) is 0 Å². The Hall–Kier alpha value is -3.25. The molecule has 0 spiro atoms. The fraction of sp³-hybridized carbons (Fsp3) is 0.167. The third kappa shape index (κ3) is 4.49. The molecule has 2 heterocycles. The number of ketones is 1. The highest BCUT2D eigenvalue weighted by molar-refractivity contribution is 7.99. The molecule has 0 N–H and O–H groups in total. The Morgan fingerprint density at radius 2 is 1.83 bits per heavy atom. The van der Waals surface area contributed by atoms with E-state index < -0.39 is 0 Å². The van der Waals surface area contributed by atoms with Gasteiger partial charge in [-0.05, 0) is 43.2 Å². The van der Waals surface area contributed by atoms with Crippen molar-refractivity contribution in [1.29, 1.82) is 0 Å². The summed E-state index contributed by atoms with van der Waals surface area (Å²) < 4.78 is 2.05. The fourth-order valence-corrected chi connectivity index (χ4v) is 4.08. The van der Waals surface area contributed by atoms with Gasteiger partial charge in [0.1, 0.15) is 0 Å². The first kappa shape index (κ1) is 20.0. The summed E-state index contributed by atoms with van der Waals surface area (Å²) in [6.07, 6.45) is 3.52. The number of thioether (sulfide) groups is 1. The van der Waals surface area contributed by atoms with Gasteiger partial charge in [0, 0.05) is 23.5 Å². The Morgan fingerprint density at radius 1 is 1.00 bits per heavy atom. The lowest BCUT2D eigenvalue weighted by atomic mass is 10.0. The molecule has 5 nitrogen and oxygen atoms in total. The van der Waals surface area contributed by atoms with Crippen molar-refractivity contribution in [1.82, 2.24) is 19.7 Å². The summed E-state index contributed by atoms with van der Waals surface area (Å²) in [7, 11) is 0. The van der Waals surface area contributed by atoms with E-state index in [2.05, 4.69) is 27.3 Å². The monoisotopic (exact) mass is 414 g/mol. The summed E-state index contributed by atoms with van der Waals surface area (Å²) in [5.41, 5.74) is 4.89. The van der Waals surface area contributed by atoms with Crippen LogP contribution >= 0.6 is 11.8 Å². The van der Waals surface area contributed by atoms with E-state index in [4.69, 9.17) is 0 Å². The molecule has 0 aliphatic heterocycles. The van der Waals surface area contributed by atoms with Crippen molar-refractivity contribution in [2.45, 2.75) is 25.5 Å². The third-order valence-corrected chi connectivity index (χ3v) is 5.81. The molecule has 0 unspecified atom stereocenters. The summed E-state index contributed by atoms with van der Waals surface area (Å²) in [5, 5.41) is 9.51. The molecule has 0 saturated carbocycles. The molecule has 0 radical (unpaired) electrons. The van der Waals surface area contributed by atoms with E-state index in [1.807, 2.05) is 66.9 Å². The molecule has 4 rings (SSSR count). The minimum atomic E-state index is 0.0957. The number of benzene rings is 2. The van der Waals surface area contributed by atoms with Crippen LogP contribution in [0.4, 0.5) is 0 Å². The summed E-state index contributed by atoms with van der Waals surface area (Å²) in [6, 6.07) is 20.0. The molecule has 0 saturated heterocycles. The molecular formula is C24H22N4OS. The number of carbonyl (C=O) groups excluding carboxylic acids is 1. The van der Waals surface area contributed by atoms with E-state index in [9.17, 15) is 4.79 Å². The van der Waals surface area contributed by atoms with Crippen LogP contribution in [0.15, 0.2) is 78.2 Å². The molecule has 30 heavy (non-hydrogen) atoms. The number of aryl methyl sites for hydroxylation is 2. The first-order valence-corrected chi connectivity index (χ1v) is 10.7. The van der Waals surface area contributed by atoms with Gasteiger partial charge < -0.3 is 0 Å². The number of hydrogen-bond donors (Lipinski definition) is 0. The zero-order valence-corrected chi connectivity index (χ0v) is 17.8. The minimum Gasteiger partial charge on any atom is -0.297 e. The van der Waals surface area contributed by atoms with Crippen LogP contribution in [-0.2, 0) is 6.54 Å². The highest BCUT2D eigenvalue weighted by Crippen LogP contribution is 2.26. The molecule has 0 aliphatic rings. The van der Waals surface area contributed by atoms with E-state index in [1.165, 1.54) is 11.8 Å². The second-order valence-electron chi connectivity index (χ2n) is 7.15. The lowest BCUT2D eigenvalue weighted by Gasteiger charge is -2.11. The lowest BCUT2D eigenvalue weighted by Crippen LogP contribution is -2.08. The Kier molecular flexibility index (Phi) is 6.05. The van der Waals surface area contributed by atoms with Gasteiger partial charge in [-0.15, -0.1) is 10.2 Å². The second kappa shape index (κ2) is 9.05. The smallest absolute Gasteiger partial charge is 0.192 e. The van der Waals surface area contributed by atoms with Crippen molar-refractivity contribution in [3.63, 3.8) is 0 Å². The van der Waals surface area contributed by atoms with E-state index >= 15 is 0 Å². The number of hydrogen-bond acceptors (Lipinski definition) is 5.